The zero-order chi connectivity index (χ0) is 17.8. The summed E-state index contributed by atoms with van der Waals surface area (Å²) in [6.07, 6.45) is 0. The van der Waals surface area contributed by atoms with E-state index in [4.69, 9.17) is 14.2 Å². The lowest BCUT2D eigenvalue weighted by atomic mass is 10.1. The Morgan fingerprint density at radius 1 is 1.08 bits per heavy atom. The fourth-order valence-corrected chi connectivity index (χ4v) is 2.39. The Morgan fingerprint density at radius 3 is 2.56 bits per heavy atom. The highest BCUT2D eigenvalue weighted by atomic mass is 16.6. The fourth-order valence-electron chi connectivity index (χ4n) is 2.39. The molecule has 0 amide bonds. The van der Waals surface area contributed by atoms with Crippen LogP contribution in [0, 0.1) is 0 Å². The molecule has 128 valence electrons. The van der Waals surface area contributed by atoms with E-state index in [2.05, 4.69) is 0 Å². The van der Waals surface area contributed by atoms with Gasteiger partial charge >= 0.3 is 5.97 Å². The van der Waals surface area contributed by atoms with Gasteiger partial charge in [0.1, 0.15) is 18.1 Å². The van der Waals surface area contributed by atoms with E-state index in [9.17, 15) is 9.59 Å². The maximum absolute atomic E-state index is 12.1. The smallest absolute Gasteiger partial charge is 0.344 e. The van der Waals surface area contributed by atoms with Crippen molar-refractivity contribution in [3.63, 3.8) is 0 Å². The lowest BCUT2D eigenvalue weighted by Gasteiger charge is -2.08. The Bertz CT molecular complexity index is 832. The fraction of sp³-hybridized carbons (Fsp3) is 0.200. The second kappa shape index (κ2) is 7.21. The number of hydrogen-bond donors (Lipinski definition) is 0. The van der Waals surface area contributed by atoms with Crippen LogP contribution in [0.5, 0.6) is 11.5 Å². The summed E-state index contributed by atoms with van der Waals surface area (Å²) in [4.78, 5) is 23.9. The molecular formula is C20H18O5. The summed E-state index contributed by atoms with van der Waals surface area (Å²) in [5, 5.41) is 0. The van der Waals surface area contributed by atoms with Crippen LogP contribution in [0.1, 0.15) is 29.8 Å². The third-order valence-corrected chi connectivity index (χ3v) is 3.67. The molecule has 1 aliphatic rings. The predicted octanol–water partition coefficient (Wildman–Crippen LogP) is 3.68. The Hall–Kier alpha value is -3.08. The highest BCUT2D eigenvalue weighted by Gasteiger charge is 2.28. The van der Waals surface area contributed by atoms with Crippen LogP contribution in [0.25, 0.3) is 0 Å². The molecule has 0 radical (unpaired) electrons. The van der Waals surface area contributed by atoms with Crippen LogP contribution in [-0.2, 0) is 16.1 Å². The average Bonchev–Trinajstić information content (AvgIpc) is 2.95. The van der Waals surface area contributed by atoms with Gasteiger partial charge in [0.05, 0.1) is 5.56 Å². The van der Waals surface area contributed by atoms with Crippen molar-refractivity contribution in [3.8, 4) is 11.5 Å². The van der Waals surface area contributed by atoms with Gasteiger partial charge in [0.2, 0.25) is 5.78 Å². The first-order valence-electron chi connectivity index (χ1n) is 7.91. The summed E-state index contributed by atoms with van der Waals surface area (Å²) in [6.45, 7) is 3.63. The standard InChI is InChI=1S/C20H18O5/c1-13(2)20-19(22)16-9-8-15(10-17(16)25-20)23-12-18(21)24-11-14-6-4-3-5-7-14/h3-10H,11-12H2,1-2H3. The topological polar surface area (TPSA) is 61.8 Å². The number of Topliss-reactive ketones (excluding diaryl/α,β-unsaturated/α-hetero) is 1. The zero-order valence-electron chi connectivity index (χ0n) is 14.1. The van der Waals surface area contributed by atoms with Crippen molar-refractivity contribution in [1.82, 2.24) is 0 Å². The van der Waals surface area contributed by atoms with E-state index in [-0.39, 0.29) is 19.0 Å². The number of ketones is 1. The van der Waals surface area contributed by atoms with Gasteiger partial charge in [-0.15, -0.1) is 0 Å². The number of fused-ring (bicyclic) bond motifs is 1. The van der Waals surface area contributed by atoms with Crippen LogP contribution < -0.4 is 9.47 Å². The van der Waals surface area contributed by atoms with E-state index in [0.717, 1.165) is 11.1 Å². The minimum Gasteiger partial charge on any atom is -0.482 e. The maximum Gasteiger partial charge on any atom is 0.344 e. The monoisotopic (exact) mass is 338 g/mol. The summed E-state index contributed by atoms with van der Waals surface area (Å²) < 4.78 is 16.1. The van der Waals surface area contributed by atoms with Crippen molar-refractivity contribution in [3.05, 3.63) is 71.0 Å². The number of benzene rings is 2. The van der Waals surface area contributed by atoms with Gasteiger partial charge in [0, 0.05) is 6.07 Å². The molecule has 0 unspecified atom stereocenters. The zero-order valence-corrected chi connectivity index (χ0v) is 14.1. The number of hydrogen-bond acceptors (Lipinski definition) is 5. The maximum atomic E-state index is 12.1. The lowest BCUT2D eigenvalue weighted by Crippen LogP contribution is -2.14. The summed E-state index contributed by atoms with van der Waals surface area (Å²) >= 11 is 0. The second-order valence-corrected chi connectivity index (χ2v) is 5.85. The average molecular weight is 338 g/mol. The van der Waals surface area contributed by atoms with Crippen molar-refractivity contribution in [2.75, 3.05) is 6.61 Å². The molecule has 5 heteroatoms. The molecule has 1 heterocycles. The van der Waals surface area contributed by atoms with Gasteiger partial charge in [-0.1, -0.05) is 30.3 Å². The predicted molar refractivity (Wildman–Crippen MR) is 91.5 cm³/mol. The van der Waals surface area contributed by atoms with Gasteiger partial charge in [0.15, 0.2) is 12.4 Å². The Labute approximate surface area is 145 Å². The summed E-state index contributed by atoms with van der Waals surface area (Å²) in [6, 6.07) is 14.3. The number of ether oxygens (including phenoxy) is 3. The van der Waals surface area contributed by atoms with Crippen molar-refractivity contribution in [1.29, 1.82) is 0 Å². The number of allylic oxidation sites excluding steroid dienone is 2. The summed E-state index contributed by atoms with van der Waals surface area (Å²) in [5.41, 5.74) is 2.22. The third kappa shape index (κ3) is 3.88. The number of esters is 1. The van der Waals surface area contributed by atoms with Gasteiger partial charge in [-0.25, -0.2) is 4.79 Å². The van der Waals surface area contributed by atoms with Crippen LogP contribution in [0.3, 0.4) is 0 Å². The first-order chi connectivity index (χ1) is 12.0. The van der Waals surface area contributed by atoms with Crippen LogP contribution >= 0.6 is 0 Å². The molecule has 0 fully saturated rings. The van der Waals surface area contributed by atoms with Crippen LogP contribution in [0.15, 0.2) is 59.9 Å². The number of carbonyl (C=O) groups excluding carboxylic acids is 2. The van der Waals surface area contributed by atoms with E-state index in [0.29, 0.717) is 22.8 Å². The van der Waals surface area contributed by atoms with Crippen molar-refractivity contribution in [2.45, 2.75) is 20.5 Å². The van der Waals surface area contributed by atoms with Gasteiger partial charge in [0.25, 0.3) is 0 Å². The highest BCUT2D eigenvalue weighted by molar-refractivity contribution is 6.12. The highest BCUT2D eigenvalue weighted by Crippen LogP contribution is 2.35. The molecule has 25 heavy (non-hydrogen) atoms. The molecule has 1 aliphatic heterocycles. The first-order valence-corrected chi connectivity index (χ1v) is 7.91. The van der Waals surface area contributed by atoms with Crippen LogP contribution in [0.2, 0.25) is 0 Å². The van der Waals surface area contributed by atoms with E-state index in [1.54, 1.807) is 18.2 Å². The summed E-state index contributed by atoms with van der Waals surface area (Å²) in [5.74, 6) is 0.624. The van der Waals surface area contributed by atoms with E-state index >= 15 is 0 Å². The van der Waals surface area contributed by atoms with Gasteiger partial charge < -0.3 is 14.2 Å². The second-order valence-electron chi connectivity index (χ2n) is 5.85. The van der Waals surface area contributed by atoms with Crippen molar-refractivity contribution < 1.29 is 23.8 Å². The molecule has 0 saturated carbocycles. The van der Waals surface area contributed by atoms with Crippen molar-refractivity contribution in [2.24, 2.45) is 0 Å². The quantitative estimate of drug-likeness (QED) is 0.615. The van der Waals surface area contributed by atoms with Gasteiger partial charge in [-0.3, -0.25) is 4.79 Å². The third-order valence-electron chi connectivity index (χ3n) is 3.67. The molecule has 0 saturated heterocycles. The molecule has 0 atom stereocenters. The molecule has 0 bridgehead atoms. The van der Waals surface area contributed by atoms with E-state index in [1.165, 1.54) is 0 Å². The van der Waals surface area contributed by atoms with E-state index < -0.39 is 5.97 Å². The Kier molecular flexibility index (Phi) is 4.84. The van der Waals surface area contributed by atoms with Crippen LogP contribution in [-0.4, -0.2) is 18.4 Å². The molecule has 0 spiro atoms. The largest absolute Gasteiger partial charge is 0.482 e. The minimum absolute atomic E-state index is 0.135. The number of rotatable bonds is 5. The van der Waals surface area contributed by atoms with E-state index in [1.807, 2.05) is 44.2 Å². The molecule has 0 N–H and O–H groups in total. The molecule has 2 aromatic carbocycles. The molecule has 2 aromatic rings. The Balaban J connectivity index is 1.56. The SMILES string of the molecule is CC(C)=C1Oc2cc(OCC(=O)OCc3ccccc3)ccc2C1=O. The lowest BCUT2D eigenvalue weighted by molar-refractivity contribution is -0.147. The molecular weight excluding hydrogens is 320 g/mol. The summed E-state index contributed by atoms with van der Waals surface area (Å²) in [7, 11) is 0. The van der Waals surface area contributed by atoms with Gasteiger partial charge in [-0.05, 0) is 37.1 Å². The molecule has 0 aromatic heterocycles. The van der Waals surface area contributed by atoms with Gasteiger partial charge in [-0.2, -0.15) is 0 Å². The molecule has 3 rings (SSSR count). The first kappa shape index (κ1) is 16.8. The molecule has 5 nitrogen and oxygen atoms in total. The normalized spacial score (nSPS) is 12.4. The van der Waals surface area contributed by atoms with Crippen LogP contribution in [0.4, 0.5) is 0 Å². The van der Waals surface area contributed by atoms with Crippen molar-refractivity contribution >= 4 is 11.8 Å². The molecule has 0 aliphatic carbocycles. The minimum atomic E-state index is -0.466. The Morgan fingerprint density at radius 2 is 1.84 bits per heavy atom. The number of carbonyl (C=O) groups is 2.